The van der Waals surface area contributed by atoms with E-state index in [0.29, 0.717) is 41.2 Å². The average molecular weight is 931 g/mol. The first-order valence-electron chi connectivity index (χ1n) is 22.2. The maximum Gasteiger partial charge on any atom is 0.243 e. The predicted molar refractivity (Wildman–Crippen MR) is 248 cm³/mol. The molecule has 18 heteroatoms. The Morgan fingerprint density at radius 2 is 1.73 bits per heavy atom. The molecule has 66 heavy (non-hydrogen) atoms. The number of aryl methyl sites for hydroxylation is 1. The highest BCUT2D eigenvalue weighted by molar-refractivity contribution is 7.13. The Bertz CT molecular complexity index is 2950. The zero-order valence-corrected chi connectivity index (χ0v) is 38.3. The van der Waals surface area contributed by atoms with Gasteiger partial charge in [0.15, 0.2) is 0 Å². The van der Waals surface area contributed by atoms with E-state index in [2.05, 4.69) is 41.2 Å². The van der Waals surface area contributed by atoms with Gasteiger partial charge in [0.05, 0.1) is 44.5 Å². The molecule has 1 saturated carbocycles. The van der Waals surface area contributed by atoms with Gasteiger partial charge in [0.2, 0.25) is 17.8 Å². The number of nitrogens with one attached hydrogen (secondary N) is 1. The van der Waals surface area contributed by atoms with E-state index < -0.39 is 23.9 Å². The maximum absolute atomic E-state index is 14.3. The van der Waals surface area contributed by atoms with Crippen LogP contribution < -0.4 is 10.2 Å². The fourth-order valence-corrected chi connectivity index (χ4v) is 10.5. The number of phenols is 1. The van der Waals surface area contributed by atoms with Gasteiger partial charge in [0.25, 0.3) is 0 Å². The number of fused-ring (bicyclic) bond motifs is 1. The normalized spacial score (nSPS) is 19.5. The summed E-state index contributed by atoms with van der Waals surface area (Å²) in [4.78, 5) is 46.6. The number of β-amino-alcohol motifs (C(OH)–C–C–N with tert-alkyl or cyclic N) is 1. The summed E-state index contributed by atoms with van der Waals surface area (Å²) in [6.07, 6.45) is 5.60. The van der Waals surface area contributed by atoms with Crippen LogP contribution in [-0.2, 0) is 9.59 Å². The van der Waals surface area contributed by atoms with Crippen molar-refractivity contribution in [2.45, 2.75) is 89.4 Å². The van der Waals surface area contributed by atoms with Crippen LogP contribution in [0.3, 0.4) is 0 Å². The Kier molecular flexibility index (Phi) is 11.6. The minimum Gasteiger partial charge on any atom is -0.506 e. The van der Waals surface area contributed by atoms with Gasteiger partial charge >= 0.3 is 0 Å². The van der Waals surface area contributed by atoms with Crippen LogP contribution in [0.15, 0.2) is 77.0 Å². The molecule has 0 spiro atoms. The Morgan fingerprint density at radius 3 is 2.44 bits per heavy atom. The molecule has 3 N–H and O–H groups in total. The van der Waals surface area contributed by atoms with Gasteiger partial charge in [-0.1, -0.05) is 54.9 Å². The van der Waals surface area contributed by atoms with Gasteiger partial charge in [-0.05, 0) is 74.4 Å². The highest BCUT2D eigenvalue weighted by atomic mass is 35.5. The molecule has 2 amide bonds. The molecular formula is C48H48ClFN10O5S. The number of amides is 2. The number of anilines is 1. The van der Waals surface area contributed by atoms with Crippen molar-refractivity contribution in [3.63, 3.8) is 0 Å². The van der Waals surface area contributed by atoms with Crippen molar-refractivity contribution in [1.29, 1.82) is 0 Å². The van der Waals surface area contributed by atoms with E-state index in [1.807, 2.05) is 63.5 Å². The minimum atomic E-state index is -0.857. The summed E-state index contributed by atoms with van der Waals surface area (Å²) < 4.78 is 22.4. The molecule has 15 nitrogen and oxygen atoms in total. The summed E-state index contributed by atoms with van der Waals surface area (Å²) in [6.45, 7) is 9.15. The number of thiazole rings is 1. The number of aliphatic hydroxyl groups excluding tert-OH is 1. The van der Waals surface area contributed by atoms with Crippen molar-refractivity contribution >= 4 is 51.7 Å². The molecule has 1 aliphatic carbocycles. The zero-order valence-electron chi connectivity index (χ0n) is 36.7. The molecule has 3 fully saturated rings. The third-order valence-electron chi connectivity index (χ3n) is 13.1. The fourth-order valence-electron chi connectivity index (χ4n) is 9.47. The quantitative estimate of drug-likeness (QED) is 0.106. The van der Waals surface area contributed by atoms with E-state index in [-0.39, 0.29) is 59.0 Å². The number of halogens is 2. The molecular weight excluding hydrogens is 883 g/mol. The lowest BCUT2D eigenvalue weighted by molar-refractivity contribution is -0.141. The number of benzene rings is 2. The number of aromatic hydroxyl groups is 1. The van der Waals surface area contributed by atoms with Crippen molar-refractivity contribution in [3.8, 4) is 38.7 Å². The number of hydrogen-bond donors (Lipinski definition) is 3. The molecule has 7 aromatic rings. The molecule has 3 aliphatic rings. The number of hydrogen-bond acceptors (Lipinski definition) is 13. The first kappa shape index (κ1) is 43.6. The first-order valence-corrected chi connectivity index (χ1v) is 23.5. The molecule has 10 rings (SSSR count). The van der Waals surface area contributed by atoms with Gasteiger partial charge in [0, 0.05) is 73.3 Å². The molecule has 2 aliphatic heterocycles. The van der Waals surface area contributed by atoms with Gasteiger partial charge in [-0.2, -0.15) is 0 Å². The lowest BCUT2D eigenvalue weighted by Gasteiger charge is -2.29. The SMILES string of the molecule is Cc1ncsc1-c1ccc([C@H](C)NC(=O)[C@@H]2C[C@@H](O)CN2C(=O)[C@@H](c2cc(-c3cnc(N4CC[C@H](c5cc6nnc(-c7cc(F)cc(Cl)c7O)cc6n5C5CC5)C4)nc3)no2)C(C)C)cc1. The molecule has 7 heterocycles. The summed E-state index contributed by atoms with van der Waals surface area (Å²) in [5, 5.41) is 37.5. The van der Waals surface area contributed by atoms with Crippen LogP contribution in [0.4, 0.5) is 10.3 Å². The van der Waals surface area contributed by atoms with Gasteiger partial charge in [0.1, 0.15) is 40.5 Å². The molecule has 0 radical (unpaired) electrons. The maximum atomic E-state index is 14.3. The molecule has 2 saturated heterocycles. The van der Waals surface area contributed by atoms with Gasteiger partial charge in [-0.25, -0.2) is 19.3 Å². The number of aromatic nitrogens is 7. The molecule has 2 aromatic carbocycles. The van der Waals surface area contributed by atoms with E-state index in [0.717, 1.165) is 70.3 Å². The third kappa shape index (κ3) is 8.28. The number of carbonyl (C=O) groups is 2. The second-order valence-corrected chi connectivity index (χ2v) is 19.3. The van der Waals surface area contributed by atoms with Crippen LogP contribution >= 0.6 is 22.9 Å². The molecule has 0 unspecified atom stereocenters. The summed E-state index contributed by atoms with van der Waals surface area (Å²) in [5.41, 5.74) is 9.12. The van der Waals surface area contributed by atoms with Crippen LogP contribution in [0, 0.1) is 18.7 Å². The lowest BCUT2D eigenvalue weighted by Crippen LogP contribution is -2.48. The Morgan fingerprint density at radius 1 is 0.955 bits per heavy atom. The largest absolute Gasteiger partial charge is 0.506 e. The van der Waals surface area contributed by atoms with E-state index in [9.17, 15) is 24.2 Å². The van der Waals surface area contributed by atoms with E-state index in [4.69, 9.17) is 26.1 Å². The van der Waals surface area contributed by atoms with Gasteiger partial charge in [-0.15, -0.1) is 21.5 Å². The van der Waals surface area contributed by atoms with Crippen LogP contribution in [0.5, 0.6) is 5.75 Å². The standard InChI is InChI=1S/C48H48ClFN10O5S/c1-24(2)43(47(64)59-22-33(61)15-41(59)46(63)54-25(3)27-5-7-28(8-6-27)45-26(4)53-23-66-45)42-18-36(57-65-42)30-19-51-48(52-20-30)58-12-11-29(21-58)39-17-38-40(60(39)32-9-10-32)16-37(55-56-38)34-13-31(50)14-35(49)44(34)62/h5-8,13-14,16-20,23-25,29,32-33,41,43,61-62H,9-12,15,21-22H2,1-4H3,(H,54,63)/t25-,29-,33+,41-,43+/m0/s1. The first-order chi connectivity index (χ1) is 31.8. The highest BCUT2D eigenvalue weighted by Gasteiger charge is 2.44. The molecule has 340 valence electrons. The average Bonchev–Trinajstić information content (AvgIpc) is 3.82. The summed E-state index contributed by atoms with van der Waals surface area (Å²) in [5.74, 6) is -1.35. The number of carbonyl (C=O) groups excluding carboxylic acids is 2. The molecule has 0 bridgehead atoms. The predicted octanol–water partition coefficient (Wildman–Crippen LogP) is 8.38. The Hall–Kier alpha value is -6.30. The number of phenolic OH excluding ortho intramolecular Hbond substituents is 1. The lowest BCUT2D eigenvalue weighted by atomic mass is 9.91. The molecule has 5 atom stereocenters. The summed E-state index contributed by atoms with van der Waals surface area (Å²) in [7, 11) is 0. The smallest absolute Gasteiger partial charge is 0.243 e. The second-order valence-electron chi connectivity index (χ2n) is 18.0. The Balaban J connectivity index is 0.810. The summed E-state index contributed by atoms with van der Waals surface area (Å²) in [6, 6.07) is 15.0. The van der Waals surface area contributed by atoms with Crippen LogP contribution in [-0.4, -0.2) is 93.6 Å². The highest BCUT2D eigenvalue weighted by Crippen LogP contribution is 2.44. The van der Waals surface area contributed by atoms with Crippen molar-refractivity contribution < 1.29 is 28.7 Å². The van der Waals surface area contributed by atoms with Crippen molar-refractivity contribution in [1.82, 2.24) is 45.1 Å². The third-order valence-corrected chi connectivity index (χ3v) is 14.3. The van der Waals surface area contributed by atoms with Crippen LogP contribution in [0.25, 0.3) is 44.0 Å². The van der Waals surface area contributed by atoms with Crippen LogP contribution in [0.1, 0.15) is 93.1 Å². The number of rotatable bonds is 12. The number of nitrogens with zero attached hydrogens (tertiary/aromatic N) is 9. The minimum absolute atomic E-state index is 0.0284. The van der Waals surface area contributed by atoms with E-state index in [1.165, 1.54) is 11.0 Å². The fraction of sp³-hybridized carbons (Fsp3) is 0.375. The monoisotopic (exact) mass is 930 g/mol. The van der Waals surface area contributed by atoms with Crippen molar-refractivity contribution in [3.05, 3.63) is 106 Å². The number of likely N-dealkylation sites (tertiary alicyclic amines) is 1. The molecule has 5 aromatic heterocycles. The Labute approximate surface area is 388 Å². The van der Waals surface area contributed by atoms with Gasteiger partial charge < -0.3 is 34.4 Å². The zero-order chi connectivity index (χ0) is 46.0. The van der Waals surface area contributed by atoms with Crippen molar-refractivity contribution in [2.24, 2.45) is 5.92 Å². The van der Waals surface area contributed by atoms with Crippen molar-refractivity contribution in [2.75, 3.05) is 24.5 Å². The van der Waals surface area contributed by atoms with Crippen LogP contribution in [0.2, 0.25) is 5.02 Å². The second kappa shape index (κ2) is 17.5. The summed E-state index contributed by atoms with van der Waals surface area (Å²) >= 11 is 7.67. The number of aliphatic hydroxyl groups is 1. The van der Waals surface area contributed by atoms with E-state index >= 15 is 0 Å². The van der Waals surface area contributed by atoms with E-state index in [1.54, 1.807) is 29.8 Å². The van der Waals surface area contributed by atoms with Gasteiger partial charge in [-0.3, -0.25) is 9.59 Å². The topological polar surface area (TPSA) is 189 Å².